The number of aliphatic hydroxyl groups excluding tert-OH is 1. The van der Waals surface area contributed by atoms with Crippen LogP contribution in [0.2, 0.25) is 0 Å². The van der Waals surface area contributed by atoms with Crippen LogP contribution in [-0.2, 0) is 0 Å². The van der Waals surface area contributed by atoms with Gasteiger partial charge in [0.15, 0.2) is 0 Å². The highest BCUT2D eigenvalue weighted by atomic mass is 16.5. The van der Waals surface area contributed by atoms with Gasteiger partial charge in [-0.05, 0) is 43.2 Å². The van der Waals surface area contributed by atoms with Gasteiger partial charge in [-0.2, -0.15) is 0 Å². The number of nitrogens with zero attached hydrogens (tertiary/aromatic N) is 1. The predicted molar refractivity (Wildman–Crippen MR) is 84.3 cm³/mol. The number of benzene rings is 1. The van der Waals surface area contributed by atoms with Crippen molar-refractivity contribution in [3.05, 3.63) is 36.5 Å². The fourth-order valence-corrected chi connectivity index (χ4v) is 3.21. The summed E-state index contributed by atoms with van der Waals surface area (Å²) in [7, 11) is 0. The molecule has 1 heterocycles. The van der Waals surface area contributed by atoms with Crippen LogP contribution in [-0.4, -0.2) is 22.3 Å². The number of ether oxygens (including phenoxy) is 1. The molecule has 1 aliphatic carbocycles. The molecule has 3 atom stereocenters. The Kier molecular flexibility index (Phi) is 4.11. The van der Waals surface area contributed by atoms with E-state index in [-0.39, 0.29) is 12.2 Å². The highest BCUT2D eigenvalue weighted by molar-refractivity contribution is 5.84. The Hall–Kier alpha value is -1.61. The molecule has 3 rings (SSSR count). The number of rotatable bonds is 3. The summed E-state index contributed by atoms with van der Waals surface area (Å²) in [6, 6.07) is 9.92. The van der Waals surface area contributed by atoms with Crippen molar-refractivity contribution in [2.45, 2.75) is 45.3 Å². The summed E-state index contributed by atoms with van der Waals surface area (Å²) in [5, 5.41) is 11.3. The molecule has 3 nitrogen and oxygen atoms in total. The number of aromatic nitrogens is 1. The number of aliphatic hydroxyl groups is 1. The Labute approximate surface area is 126 Å². The van der Waals surface area contributed by atoms with Gasteiger partial charge in [0.1, 0.15) is 17.4 Å². The van der Waals surface area contributed by atoms with Crippen LogP contribution in [0.25, 0.3) is 10.9 Å². The first-order valence-corrected chi connectivity index (χ1v) is 7.83. The average molecular weight is 285 g/mol. The number of fused-ring (bicyclic) bond motifs is 1. The van der Waals surface area contributed by atoms with Gasteiger partial charge >= 0.3 is 0 Å². The van der Waals surface area contributed by atoms with E-state index in [4.69, 9.17) is 4.74 Å². The molecule has 3 unspecified atom stereocenters. The molecule has 1 aromatic heterocycles. The van der Waals surface area contributed by atoms with E-state index in [1.54, 1.807) is 6.20 Å². The summed E-state index contributed by atoms with van der Waals surface area (Å²) in [6.45, 7) is 4.50. The van der Waals surface area contributed by atoms with Crippen molar-refractivity contribution in [2.75, 3.05) is 0 Å². The largest absolute Gasteiger partial charge is 0.485 e. The molecule has 0 saturated heterocycles. The molecular weight excluding hydrogens is 262 g/mol. The van der Waals surface area contributed by atoms with Crippen molar-refractivity contribution in [3.63, 3.8) is 0 Å². The second-order valence-corrected chi connectivity index (χ2v) is 6.37. The molecule has 0 radical (unpaired) electrons. The van der Waals surface area contributed by atoms with Crippen molar-refractivity contribution < 1.29 is 9.84 Å². The highest BCUT2D eigenvalue weighted by Gasteiger charge is 2.32. The van der Waals surface area contributed by atoms with E-state index in [2.05, 4.69) is 18.8 Å². The normalized spacial score (nSPS) is 26.2. The summed E-state index contributed by atoms with van der Waals surface area (Å²) >= 11 is 0. The number of hydrogen-bond donors (Lipinski definition) is 1. The summed E-state index contributed by atoms with van der Waals surface area (Å²) < 4.78 is 6.15. The molecule has 1 aromatic carbocycles. The first-order chi connectivity index (χ1) is 10.1. The van der Waals surface area contributed by atoms with Gasteiger partial charge < -0.3 is 9.84 Å². The van der Waals surface area contributed by atoms with E-state index in [1.165, 1.54) is 0 Å². The minimum Gasteiger partial charge on any atom is -0.485 e. The van der Waals surface area contributed by atoms with Crippen LogP contribution in [0.4, 0.5) is 0 Å². The first-order valence-electron chi connectivity index (χ1n) is 7.83. The SMILES string of the molecule is CC(C)C1CCC(O)C(Oc2cccc3cccnc23)C1. The van der Waals surface area contributed by atoms with Crippen molar-refractivity contribution in [1.29, 1.82) is 0 Å². The van der Waals surface area contributed by atoms with Gasteiger partial charge in [0.25, 0.3) is 0 Å². The van der Waals surface area contributed by atoms with E-state index in [9.17, 15) is 5.11 Å². The Morgan fingerprint density at radius 2 is 2.00 bits per heavy atom. The molecule has 3 heteroatoms. The Bertz CT molecular complexity index is 606. The lowest BCUT2D eigenvalue weighted by molar-refractivity contribution is -0.0170. The standard InChI is InChI=1S/C18H23NO2/c1-12(2)14-8-9-15(20)17(11-14)21-16-7-3-5-13-6-4-10-19-18(13)16/h3-7,10,12,14-15,17,20H,8-9,11H2,1-2H3. The first kappa shape index (κ1) is 14.3. The van der Waals surface area contributed by atoms with Crippen LogP contribution in [0, 0.1) is 11.8 Å². The number of pyridine rings is 1. The van der Waals surface area contributed by atoms with Crippen molar-refractivity contribution >= 4 is 10.9 Å². The zero-order valence-corrected chi connectivity index (χ0v) is 12.7. The summed E-state index contributed by atoms with van der Waals surface area (Å²) in [4.78, 5) is 4.42. The van der Waals surface area contributed by atoms with E-state index >= 15 is 0 Å². The maximum Gasteiger partial charge on any atom is 0.146 e. The lowest BCUT2D eigenvalue weighted by atomic mass is 9.79. The van der Waals surface area contributed by atoms with Gasteiger partial charge in [0.05, 0.1) is 6.10 Å². The number of para-hydroxylation sites is 1. The fraction of sp³-hybridized carbons (Fsp3) is 0.500. The lowest BCUT2D eigenvalue weighted by Gasteiger charge is -2.35. The maximum atomic E-state index is 10.3. The van der Waals surface area contributed by atoms with E-state index in [0.717, 1.165) is 35.9 Å². The average Bonchev–Trinajstić information content (AvgIpc) is 2.49. The molecule has 0 aliphatic heterocycles. The van der Waals surface area contributed by atoms with Gasteiger partial charge in [-0.25, -0.2) is 0 Å². The molecule has 112 valence electrons. The monoisotopic (exact) mass is 285 g/mol. The third-order valence-corrected chi connectivity index (χ3v) is 4.61. The van der Waals surface area contributed by atoms with E-state index in [1.807, 2.05) is 30.3 Å². The molecular formula is C18H23NO2. The predicted octanol–water partition coefficient (Wildman–Crippen LogP) is 3.80. The maximum absolute atomic E-state index is 10.3. The van der Waals surface area contributed by atoms with Crippen molar-refractivity contribution in [2.24, 2.45) is 11.8 Å². The molecule has 2 aromatic rings. The molecule has 1 fully saturated rings. The van der Waals surface area contributed by atoms with Gasteiger partial charge in [0, 0.05) is 11.6 Å². The molecule has 21 heavy (non-hydrogen) atoms. The molecule has 1 N–H and O–H groups in total. The molecule has 0 amide bonds. The Balaban J connectivity index is 1.83. The molecule has 1 saturated carbocycles. The highest BCUT2D eigenvalue weighted by Crippen LogP contribution is 2.34. The second kappa shape index (κ2) is 6.02. The quantitative estimate of drug-likeness (QED) is 0.932. The topological polar surface area (TPSA) is 42.4 Å². The van der Waals surface area contributed by atoms with Gasteiger partial charge in [-0.1, -0.05) is 32.0 Å². The van der Waals surface area contributed by atoms with Gasteiger partial charge in [-0.15, -0.1) is 0 Å². The van der Waals surface area contributed by atoms with Crippen LogP contribution in [0.3, 0.4) is 0 Å². The lowest BCUT2D eigenvalue weighted by Crippen LogP contribution is -2.39. The van der Waals surface area contributed by atoms with E-state index < -0.39 is 0 Å². The zero-order chi connectivity index (χ0) is 14.8. The van der Waals surface area contributed by atoms with Crippen LogP contribution in [0.15, 0.2) is 36.5 Å². The minimum absolute atomic E-state index is 0.126. The Morgan fingerprint density at radius 3 is 2.81 bits per heavy atom. The second-order valence-electron chi connectivity index (χ2n) is 6.37. The van der Waals surface area contributed by atoms with Crippen molar-refractivity contribution in [3.8, 4) is 5.75 Å². The van der Waals surface area contributed by atoms with Crippen LogP contribution in [0.1, 0.15) is 33.1 Å². The van der Waals surface area contributed by atoms with Crippen LogP contribution in [0.5, 0.6) is 5.75 Å². The van der Waals surface area contributed by atoms with Gasteiger partial charge in [0.2, 0.25) is 0 Å². The van der Waals surface area contributed by atoms with Crippen molar-refractivity contribution in [1.82, 2.24) is 4.98 Å². The Morgan fingerprint density at radius 1 is 1.19 bits per heavy atom. The van der Waals surface area contributed by atoms with Crippen LogP contribution < -0.4 is 4.74 Å². The third-order valence-electron chi connectivity index (χ3n) is 4.61. The minimum atomic E-state index is -0.376. The molecule has 0 bridgehead atoms. The van der Waals surface area contributed by atoms with Crippen LogP contribution >= 0.6 is 0 Å². The number of hydrogen-bond acceptors (Lipinski definition) is 3. The molecule has 0 spiro atoms. The summed E-state index contributed by atoms with van der Waals surface area (Å²) in [6.07, 6.45) is 4.11. The zero-order valence-electron chi connectivity index (χ0n) is 12.7. The van der Waals surface area contributed by atoms with Gasteiger partial charge in [-0.3, -0.25) is 4.98 Å². The van der Waals surface area contributed by atoms with E-state index in [0.29, 0.717) is 11.8 Å². The smallest absolute Gasteiger partial charge is 0.146 e. The summed E-state index contributed by atoms with van der Waals surface area (Å²) in [5.74, 6) is 2.04. The third kappa shape index (κ3) is 3.03. The fourth-order valence-electron chi connectivity index (χ4n) is 3.21. The summed E-state index contributed by atoms with van der Waals surface area (Å²) in [5.41, 5.74) is 0.874. The molecule has 1 aliphatic rings.